The van der Waals surface area contributed by atoms with Crippen LogP contribution in [0.3, 0.4) is 0 Å². The Morgan fingerprint density at radius 2 is 2.29 bits per heavy atom. The van der Waals surface area contributed by atoms with Crippen LogP contribution in [-0.2, 0) is 17.8 Å². The Balaban J connectivity index is 1.97. The molecule has 1 aromatic carbocycles. The third kappa shape index (κ3) is 3.75. The van der Waals surface area contributed by atoms with Crippen molar-refractivity contribution in [3.05, 3.63) is 36.4 Å². The number of carbonyl (C=O) groups excluding carboxylic acids is 1. The van der Waals surface area contributed by atoms with E-state index in [0.717, 1.165) is 12.2 Å². The van der Waals surface area contributed by atoms with Gasteiger partial charge in [0, 0.05) is 37.5 Å². The number of anilines is 2. The first-order chi connectivity index (χ1) is 10.1. The van der Waals surface area contributed by atoms with Crippen LogP contribution in [0.2, 0.25) is 0 Å². The number of amides is 1. The summed E-state index contributed by atoms with van der Waals surface area (Å²) in [5, 5.41) is 2.82. The molecule has 6 heteroatoms. The van der Waals surface area contributed by atoms with Crippen molar-refractivity contribution in [3.8, 4) is 5.75 Å². The molecule has 0 unspecified atom stereocenters. The van der Waals surface area contributed by atoms with Gasteiger partial charge in [-0.25, -0.2) is 4.98 Å². The lowest BCUT2D eigenvalue weighted by Gasteiger charge is -2.11. The summed E-state index contributed by atoms with van der Waals surface area (Å²) in [7, 11) is 1.56. The highest BCUT2D eigenvalue weighted by Crippen LogP contribution is 2.26. The number of hydrogen-bond acceptors (Lipinski definition) is 4. The first-order valence-corrected chi connectivity index (χ1v) is 6.87. The lowest BCUT2D eigenvalue weighted by Crippen LogP contribution is -2.15. The van der Waals surface area contributed by atoms with Crippen LogP contribution in [0.15, 0.2) is 30.6 Å². The Morgan fingerprint density at radius 1 is 1.48 bits per heavy atom. The molecule has 1 aromatic heterocycles. The number of nitrogens with two attached hydrogens (primary N) is 1. The standard InChI is InChI=1S/C15H20N4O2/c1-3-14-17-7-9-19(14)8-6-15(20)18-12-10-11(16)4-5-13(12)21-2/h4-5,7,9-10H,3,6,8,16H2,1-2H3,(H,18,20). The van der Waals surface area contributed by atoms with Crippen LogP contribution in [0, 0.1) is 0 Å². The fraction of sp³-hybridized carbons (Fsp3) is 0.333. The Labute approximate surface area is 123 Å². The number of imidazole rings is 1. The minimum Gasteiger partial charge on any atom is -0.495 e. The van der Waals surface area contributed by atoms with Gasteiger partial charge in [-0.05, 0) is 18.2 Å². The van der Waals surface area contributed by atoms with Gasteiger partial charge in [0.05, 0.1) is 12.8 Å². The van der Waals surface area contributed by atoms with Gasteiger partial charge in [-0.1, -0.05) is 6.92 Å². The molecule has 1 heterocycles. The zero-order valence-electron chi connectivity index (χ0n) is 12.3. The van der Waals surface area contributed by atoms with E-state index in [1.165, 1.54) is 0 Å². The average molecular weight is 288 g/mol. The van der Waals surface area contributed by atoms with Gasteiger partial charge in [-0.15, -0.1) is 0 Å². The SMILES string of the molecule is CCc1nccn1CCC(=O)Nc1cc(N)ccc1OC. The van der Waals surface area contributed by atoms with Crippen molar-refractivity contribution in [2.75, 3.05) is 18.2 Å². The van der Waals surface area contributed by atoms with Gasteiger partial charge in [-0.2, -0.15) is 0 Å². The molecule has 0 radical (unpaired) electrons. The predicted octanol–water partition coefficient (Wildman–Crippen LogP) is 2.07. The number of aryl methyl sites for hydroxylation is 2. The molecule has 0 aliphatic rings. The van der Waals surface area contributed by atoms with Crippen LogP contribution in [-0.4, -0.2) is 22.6 Å². The molecule has 3 N–H and O–H groups in total. The van der Waals surface area contributed by atoms with E-state index >= 15 is 0 Å². The summed E-state index contributed by atoms with van der Waals surface area (Å²) in [4.78, 5) is 16.3. The van der Waals surface area contributed by atoms with E-state index in [4.69, 9.17) is 10.5 Å². The number of benzene rings is 1. The number of nitrogens with zero attached hydrogens (tertiary/aromatic N) is 2. The molecule has 1 amide bonds. The van der Waals surface area contributed by atoms with Crippen molar-refractivity contribution in [1.29, 1.82) is 0 Å². The van der Waals surface area contributed by atoms with Crippen LogP contribution >= 0.6 is 0 Å². The van der Waals surface area contributed by atoms with Gasteiger partial charge < -0.3 is 20.4 Å². The van der Waals surface area contributed by atoms with Crippen LogP contribution in [0.1, 0.15) is 19.2 Å². The molecule has 0 fully saturated rings. The fourth-order valence-electron chi connectivity index (χ4n) is 2.12. The highest BCUT2D eigenvalue weighted by Gasteiger charge is 2.09. The van der Waals surface area contributed by atoms with Crippen molar-refractivity contribution in [2.45, 2.75) is 26.3 Å². The largest absolute Gasteiger partial charge is 0.495 e. The second-order valence-corrected chi connectivity index (χ2v) is 4.65. The summed E-state index contributed by atoms with van der Waals surface area (Å²) >= 11 is 0. The van der Waals surface area contributed by atoms with E-state index < -0.39 is 0 Å². The fourth-order valence-corrected chi connectivity index (χ4v) is 2.12. The maximum atomic E-state index is 12.0. The quantitative estimate of drug-likeness (QED) is 0.797. The van der Waals surface area contributed by atoms with Gasteiger partial charge in [0.15, 0.2) is 0 Å². The molecule has 0 aliphatic heterocycles. The molecule has 112 valence electrons. The smallest absolute Gasteiger partial charge is 0.226 e. The molecule has 0 saturated heterocycles. The van der Waals surface area contributed by atoms with E-state index in [9.17, 15) is 4.79 Å². The summed E-state index contributed by atoms with van der Waals surface area (Å²) < 4.78 is 7.18. The van der Waals surface area contributed by atoms with Crippen molar-refractivity contribution >= 4 is 17.3 Å². The topological polar surface area (TPSA) is 82.2 Å². The van der Waals surface area contributed by atoms with Crippen molar-refractivity contribution in [1.82, 2.24) is 9.55 Å². The molecule has 0 saturated carbocycles. The minimum absolute atomic E-state index is 0.0883. The van der Waals surface area contributed by atoms with Gasteiger partial charge in [0.25, 0.3) is 0 Å². The third-order valence-corrected chi connectivity index (χ3v) is 3.20. The Kier molecular flexibility index (Phi) is 4.81. The van der Waals surface area contributed by atoms with E-state index in [2.05, 4.69) is 10.3 Å². The summed E-state index contributed by atoms with van der Waals surface area (Å²) in [6.45, 7) is 2.64. The van der Waals surface area contributed by atoms with Gasteiger partial charge in [-0.3, -0.25) is 4.79 Å². The summed E-state index contributed by atoms with van der Waals surface area (Å²) in [6, 6.07) is 5.15. The zero-order chi connectivity index (χ0) is 15.2. The monoisotopic (exact) mass is 288 g/mol. The number of nitrogen functional groups attached to an aromatic ring is 1. The Bertz CT molecular complexity index is 622. The Morgan fingerprint density at radius 3 is 3.00 bits per heavy atom. The zero-order valence-corrected chi connectivity index (χ0v) is 12.3. The molecule has 0 aliphatic carbocycles. The lowest BCUT2D eigenvalue weighted by atomic mass is 10.2. The molecule has 6 nitrogen and oxygen atoms in total. The molecular weight excluding hydrogens is 268 g/mol. The molecule has 0 atom stereocenters. The number of aromatic nitrogens is 2. The first-order valence-electron chi connectivity index (χ1n) is 6.87. The first kappa shape index (κ1) is 14.9. The Hall–Kier alpha value is -2.50. The van der Waals surface area contributed by atoms with E-state index in [1.807, 2.05) is 17.7 Å². The van der Waals surface area contributed by atoms with E-state index in [1.54, 1.807) is 31.5 Å². The predicted molar refractivity (Wildman–Crippen MR) is 82.3 cm³/mol. The molecule has 0 spiro atoms. The number of carbonyl (C=O) groups is 1. The maximum absolute atomic E-state index is 12.0. The second kappa shape index (κ2) is 6.78. The minimum atomic E-state index is -0.0883. The number of rotatable bonds is 6. The molecule has 0 bridgehead atoms. The maximum Gasteiger partial charge on any atom is 0.226 e. The summed E-state index contributed by atoms with van der Waals surface area (Å²) in [6.07, 6.45) is 4.84. The number of nitrogens with one attached hydrogen (secondary N) is 1. The number of ether oxygens (including phenoxy) is 1. The average Bonchev–Trinajstić information content (AvgIpc) is 2.93. The van der Waals surface area contributed by atoms with Gasteiger partial charge in [0.1, 0.15) is 11.6 Å². The summed E-state index contributed by atoms with van der Waals surface area (Å²) in [5.41, 5.74) is 6.89. The van der Waals surface area contributed by atoms with E-state index in [-0.39, 0.29) is 5.91 Å². The van der Waals surface area contributed by atoms with Crippen LogP contribution in [0.25, 0.3) is 0 Å². The number of hydrogen-bond donors (Lipinski definition) is 2. The summed E-state index contributed by atoms with van der Waals surface area (Å²) in [5.74, 6) is 1.48. The van der Waals surface area contributed by atoms with Crippen LogP contribution < -0.4 is 15.8 Å². The van der Waals surface area contributed by atoms with Gasteiger partial charge in [0.2, 0.25) is 5.91 Å². The van der Waals surface area contributed by atoms with Crippen LogP contribution in [0.5, 0.6) is 5.75 Å². The second-order valence-electron chi connectivity index (χ2n) is 4.65. The van der Waals surface area contributed by atoms with Crippen molar-refractivity contribution in [3.63, 3.8) is 0 Å². The molecular formula is C15H20N4O2. The lowest BCUT2D eigenvalue weighted by molar-refractivity contribution is -0.116. The highest BCUT2D eigenvalue weighted by molar-refractivity contribution is 5.92. The number of methoxy groups -OCH3 is 1. The third-order valence-electron chi connectivity index (χ3n) is 3.20. The molecule has 2 aromatic rings. The van der Waals surface area contributed by atoms with Crippen molar-refractivity contribution in [2.24, 2.45) is 0 Å². The highest BCUT2D eigenvalue weighted by atomic mass is 16.5. The van der Waals surface area contributed by atoms with E-state index in [0.29, 0.717) is 30.1 Å². The van der Waals surface area contributed by atoms with Gasteiger partial charge >= 0.3 is 0 Å². The molecule has 21 heavy (non-hydrogen) atoms. The van der Waals surface area contributed by atoms with Crippen LogP contribution in [0.4, 0.5) is 11.4 Å². The van der Waals surface area contributed by atoms with Crippen molar-refractivity contribution < 1.29 is 9.53 Å². The molecule has 2 rings (SSSR count). The normalized spacial score (nSPS) is 10.4.